The molecular weight excluding hydrogens is 341 g/mol. The van der Waals surface area contributed by atoms with Crippen molar-refractivity contribution in [1.82, 2.24) is 5.32 Å². The van der Waals surface area contributed by atoms with E-state index in [9.17, 15) is 9.18 Å². The highest BCUT2D eigenvalue weighted by molar-refractivity contribution is 9.10. The van der Waals surface area contributed by atoms with Crippen molar-refractivity contribution in [3.8, 4) is 0 Å². The van der Waals surface area contributed by atoms with E-state index in [-0.39, 0.29) is 11.7 Å². The van der Waals surface area contributed by atoms with Crippen molar-refractivity contribution in [1.29, 1.82) is 0 Å². The van der Waals surface area contributed by atoms with Gasteiger partial charge in [0.25, 0.3) is 5.91 Å². The molecule has 0 bridgehead atoms. The summed E-state index contributed by atoms with van der Waals surface area (Å²) in [7, 11) is 0. The highest BCUT2D eigenvalue weighted by Gasteiger charge is 2.15. The lowest BCUT2D eigenvalue weighted by Crippen LogP contribution is -2.25. The van der Waals surface area contributed by atoms with E-state index in [1.807, 2.05) is 0 Å². The summed E-state index contributed by atoms with van der Waals surface area (Å²) >= 11 is 3.18. The number of halogens is 2. The Bertz CT molecular complexity index is 478. The van der Waals surface area contributed by atoms with Crippen LogP contribution in [0.5, 0.6) is 0 Å². The van der Waals surface area contributed by atoms with Gasteiger partial charge in [-0.25, -0.2) is 4.39 Å². The van der Waals surface area contributed by atoms with Crippen LogP contribution in [0, 0.1) is 11.7 Å². The number of carbonyl (C=O) groups excluding carboxylic acids is 1. The van der Waals surface area contributed by atoms with Crippen molar-refractivity contribution in [3.63, 3.8) is 0 Å². The summed E-state index contributed by atoms with van der Waals surface area (Å²) in [5.74, 6) is -0.0800. The maximum atomic E-state index is 12.9. The summed E-state index contributed by atoms with van der Waals surface area (Å²) in [6.07, 6.45) is 1.81. The number of rotatable bonds is 7. The second-order valence-electron chi connectivity index (χ2n) is 5.04. The largest absolute Gasteiger partial charge is 0.381 e. The fourth-order valence-corrected chi connectivity index (χ4v) is 2.64. The zero-order chi connectivity index (χ0) is 15.1. The van der Waals surface area contributed by atoms with Gasteiger partial charge in [0, 0.05) is 30.1 Å². The highest BCUT2D eigenvalue weighted by Crippen LogP contribution is 2.17. The average Bonchev–Trinajstić information content (AvgIpc) is 2.95. The molecule has 1 aliphatic rings. The van der Waals surface area contributed by atoms with Gasteiger partial charge in [-0.2, -0.15) is 0 Å². The van der Waals surface area contributed by atoms with Crippen LogP contribution in [0.3, 0.4) is 0 Å². The Balaban J connectivity index is 1.60. The lowest BCUT2D eigenvalue weighted by Gasteiger charge is -2.09. The lowest BCUT2D eigenvalue weighted by atomic mass is 10.1. The molecule has 1 unspecified atom stereocenters. The Labute approximate surface area is 132 Å². The number of hydrogen-bond acceptors (Lipinski definition) is 3. The van der Waals surface area contributed by atoms with E-state index in [4.69, 9.17) is 9.47 Å². The maximum Gasteiger partial charge on any atom is 0.252 e. The molecule has 1 heterocycles. The molecule has 1 amide bonds. The third-order valence-electron chi connectivity index (χ3n) is 3.30. The van der Waals surface area contributed by atoms with Crippen LogP contribution >= 0.6 is 15.9 Å². The quantitative estimate of drug-likeness (QED) is 0.761. The summed E-state index contributed by atoms with van der Waals surface area (Å²) in [6, 6.07) is 4.01. The Morgan fingerprint density at radius 3 is 3.10 bits per heavy atom. The lowest BCUT2D eigenvalue weighted by molar-refractivity contribution is 0.0853. The normalized spacial score (nSPS) is 17.9. The minimum absolute atomic E-state index is 0.217. The number of amides is 1. The van der Waals surface area contributed by atoms with Gasteiger partial charge in [-0.05, 0) is 47.0 Å². The van der Waals surface area contributed by atoms with Gasteiger partial charge >= 0.3 is 0 Å². The molecule has 1 aliphatic heterocycles. The van der Waals surface area contributed by atoms with Crippen LogP contribution in [0.1, 0.15) is 23.2 Å². The van der Waals surface area contributed by atoms with E-state index >= 15 is 0 Å². The first kappa shape index (κ1) is 16.4. The Morgan fingerprint density at radius 1 is 1.52 bits per heavy atom. The molecule has 1 atom stereocenters. The predicted octanol–water partition coefficient (Wildman–Crippen LogP) is 2.76. The third kappa shape index (κ3) is 5.37. The highest BCUT2D eigenvalue weighted by atomic mass is 79.9. The van der Waals surface area contributed by atoms with Gasteiger partial charge in [0.1, 0.15) is 5.82 Å². The second kappa shape index (κ2) is 8.46. The fourth-order valence-electron chi connectivity index (χ4n) is 2.11. The molecule has 4 nitrogen and oxygen atoms in total. The number of nitrogens with one attached hydrogen (secondary N) is 1. The second-order valence-corrected chi connectivity index (χ2v) is 5.89. The van der Waals surface area contributed by atoms with Crippen molar-refractivity contribution < 1.29 is 18.7 Å². The van der Waals surface area contributed by atoms with Gasteiger partial charge in [0.15, 0.2) is 0 Å². The molecule has 1 saturated heterocycles. The molecule has 1 N–H and O–H groups in total. The summed E-state index contributed by atoms with van der Waals surface area (Å²) in [6.45, 7) is 3.48. The summed E-state index contributed by atoms with van der Waals surface area (Å²) in [5, 5.41) is 2.79. The summed E-state index contributed by atoms with van der Waals surface area (Å²) in [5.41, 5.74) is 0.431. The average molecular weight is 360 g/mol. The third-order valence-corrected chi connectivity index (χ3v) is 3.96. The first-order valence-electron chi connectivity index (χ1n) is 7.05. The van der Waals surface area contributed by atoms with Crippen molar-refractivity contribution in [2.24, 2.45) is 5.92 Å². The monoisotopic (exact) mass is 359 g/mol. The fraction of sp³-hybridized carbons (Fsp3) is 0.533. The SMILES string of the molecule is O=C(NCCCOCC1CCOC1)c1ccc(F)cc1Br. The van der Waals surface area contributed by atoms with Crippen LogP contribution in [-0.4, -0.2) is 38.9 Å². The molecule has 6 heteroatoms. The van der Waals surface area contributed by atoms with E-state index in [1.54, 1.807) is 0 Å². The molecule has 1 aromatic carbocycles. The van der Waals surface area contributed by atoms with Crippen molar-refractivity contribution in [3.05, 3.63) is 34.1 Å². The van der Waals surface area contributed by atoms with Gasteiger partial charge in [-0.15, -0.1) is 0 Å². The van der Waals surface area contributed by atoms with Gasteiger partial charge in [0.2, 0.25) is 0 Å². The van der Waals surface area contributed by atoms with E-state index in [0.29, 0.717) is 29.1 Å². The van der Waals surface area contributed by atoms with Crippen LogP contribution in [-0.2, 0) is 9.47 Å². The molecule has 116 valence electrons. The van der Waals surface area contributed by atoms with Crippen LogP contribution in [0.15, 0.2) is 22.7 Å². The van der Waals surface area contributed by atoms with Crippen LogP contribution in [0.4, 0.5) is 4.39 Å². The first-order chi connectivity index (χ1) is 10.2. The minimum atomic E-state index is -0.372. The number of ether oxygens (including phenoxy) is 2. The van der Waals surface area contributed by atoms with Crippen LogP contribution < -0.4 is 5.32 Å². The predicted molar refractivity (Wildman–Crippen MR) is 80.8 cm³/mol. The molecule has 1 aromatic rings. The van der Waals surface area contributed by atoms with E-state index < -0.39 is 0 Å². The topological polar surface area (TPSA) is 47.6 Å². The van der Waals surface area contributed by atoms with E-state index in [2.05, 4.69) is 21.2 Å². The molecule has 0 radical (unpaired) electrons. The number of hydrogen-bond donors (Lipinski definition) is 1. The Hall–Kier alpha value is -0.980. The van der Waals surface area contributed by atoms with Crippen molar-refractivity contribution in [2.45, 2.75) is 12.8 Å². The van der Waals surface area contributed by atoms with Gasteiger partial charge in [-0.1, -0.05) is 0 Å². The number of carbonyl (C=O) groups is 1. The summed E-state index contributed by atoms with van der Waals surface area (Å²) < 4.78 is 24.2. The molecular formula is C15H19BrFNO3. The first-order valence-corrected chi connectivity index (χ1v) is 7.85. The number of benzene rings is 1. The summed E-state index contributed by atoms with van der Waals surface area (Å²) in [4.78, 5) is 11.9. The molecule has 0 aromatic heterocycles. The van der Waals surface area contributed by atoms with Gasteiger partial charge in [0.05, 0.1) is 18.8 Å². The molecule has 0 saturated carbocycles. The van der Waals surface area contributed by atoms with Crippen molar-refractivity contribution in [2.75, 3.05) is 33.0 Å². The molecule has 2 rings (SSSR count). The molecule has 0 aliphatic carbocycles. The standard InChI is InChI=1S/C15H19BrFNO3/c16-14-8-12(17)2-3-13(14)15(19)18-5-1-6-20-9-11-4-7-21-10-11/h2-3,8,11H,1,4-7,9-10H2,(H,18,19). The zero-order valence-electron chi connectivity index (χ0n) is 11.7. The van der Waals surface area contributed by atoms with Gasteiger partial charge in [-0.3, -0.25) is 4.79 Å². The molecule has 0 spiro atoms. The zero-order valence-corrected chi connectivity index (χ0v) is 13.3. The van der Waals surface area contributed by atoms with Crippen LogP contribution in [0.25, 0.3) is 0 Å². The van der Waals surface area contributed by atoms with E-state index in [0.717, 1.165) is 32.7 Å². The van der Waals surface area contributed by atoms with Gasteiger partial charge < -0.3 is 14.8 Å². The van der Waals surface area contributed by atoms with Crippen LogP contribution in [0.2, 0.25) is 0 Å². The smallest absolute Gasteiger partial charge is 0.252 e. The Kier molecular flexibility index (Phi) is 6.60. The molecule has 1 fully saturated rings. The van der Waals surface area contributed by atoms with Crippen molar-refractivity contribution >= 4 is 21.8 Å². The Morgan fingerprint density at radius 2 is 2.38 bits per heavy atom. The molecule has 21 heavy (non-hydrogen) atoms. The maximum absolute atomic E-state index is 12.9. The van der Waals surface area contributed by atoms with E-state index in [1.165, 1.54) is 18.2 Å². The minimum Gasteiger partial charge on any atom is -0.381 e.